The lowest BCUT2D eigenvalue weighted by Crippen LogP contribution is -2.32. The molecule has 2 N–H and O–H groups in total. The van der Waals surface area contributed by atoms with E-state index in [1.54, 1.807) is 6.07 Å². The molecule has 3 nitrogen and oxygen atoms in total. The Bertz CT molecular complexity index is 504. The molecule has 1 aromatic carbocycles. The van der Waals surface area contributed by atoms with Crippen LogP contribution in [0.2, 0.25) is 0 Å². The van der Waals surface area contributed by atoms with E-state index in [4.69, 9.17) is 0 Å². The van der Waals surface area contributed by atoms with Crippen LogP contribution in [0.3, 0.4) is 0 Å². The molecule has 1 aliphatic carbocycles. The zero-order valence-electron chi connectivity index (χ0n) is 11.2. The molecule has 0 spiro atoms. The highest BCUT2D eigenvalue weighted by atomic mass is 32.2. The number of nitrogens with one attached hydrogen (secondary N) is 2. The molecular weight excluding hydrogens is 280 g/mol. The molecular formula is C14H17F2N3S. The fourth-order valence-electron chi connectivity index (χ4n) is 2.33. The maximum atomic E-state index is 13.1. The number of benzene rings is 1. The first-order chi connectivity index (χ1) is 9.54. The van der Waals surface area contributed by atoms with Crippen molar-refractivity contribution in [2.75, 3.05) is 12.4 Å². The van der Waals surface area contributed by atoms with Gasteiger partial charge in [0.05, 0.1) is 11.3 Å². The Balaban J connectivity index is 2.04. The molecule has 6 heteroatoms. The van der Waals surface area contributed by atoms with Crippen molar-refractivity contribution < 1.29 is 8.78 Å². The van der Waals surface area contributed by atoms with Gasteiger partial charge in [0, 0.05) is 23.8 Å². The molecule has 0 radical (unpaired) electrons. The molecule has 0 atom stereocenters. The number of halogens is 2. The Morgan fingerprint density at radius 2 is 2.05 bits per heavy atom. The summed E-state index contributed by atoms with van der Waals surface area (Å²) in [5.41, 5.74) is 1.27. The average Bonchev–Trinajstić information content (AvgIpc) is 2.43. The van der Waals surface area contributed by atoms with E-state index in [1.807, 2.05) is 19.2 Å². The first kappa shape index (κ1) is 15.1. The molecule has 0 heterocycles. The van der Waals surface area contributed by atoms with Gasteiger partial charge in [0.25, 0.3) is 0 Å². The van der Waals surface area contributed by atoms with E-state index in [2.05, 4.69) is 16.1 Å². The standard InChI is InChI=1S/C14H17F2N3S/c1-18-20-12-2-3-13(10(8-12)9-17)19-11-4-6-14(15,16)7-5-11/h2-3,8,11,18-19H,4-7H2,1H3. The van der Waals surface area contributed by atoms with Gasteiger partial charge in [-0.2, -0.15) is 5.26 Å². The largest absolute Gasteiger partial charge is 0.381 e. The van der Waals surface area contributed by atoms with Crippen LogP contribution in [0.5, 0.6) is 0 Å². The Morgan fingerprint density at radius 1 is 1.35 bits per heavy atom. The summed E-state index contributed by atoms with van der Waals surface area (Å²) >= 11 is 1.43. The summed E-state index contributed by atoms with van der Waals surface area (Å²) in [6.07, 6.45) is 0.705. The van der Waals surface area contributed by atoms with Crippen LogP contribution in [0.1, 0.15) is 31.2 Å². The van der Waals surface area contributed by atoms with E-state index in [9.17, 15) is 14.0 Å². The summed E-state index contributed by atoms with van der Waals surface area (Å²) < 4.78 is 29.2. The van der Waals surface area contributed by atoms with Crippen LogP contribution in [0.4, 0.5) is 14.5 Å². The van der Waals surface area contributed by atoms with Gasteiger partial charge in [-0.1, -0.05) is 0 Å². The monoisotopic (exact) mass is 297 g/mol. The quantitative estimate of drug-likeness (QED) is 0.830. The predicted molar refractivity (Wildman–Crippen MR) is 76.9 cm³/mol. The van der Waals surface area contributed by atoms with Gasteiger partial charge < -0.3 is 5.32 Å². The van der Waals surface area contributed by atoms with Crippen molar-refractivity contribution in [2.24, 2.45) is 0 Å². The molecule has 108 valence electrons. The zero-order valence-corrected chi connectivity index (χ0v) is 12.1. The van der Waals surface area contributed by atoms with Crippen molar-refractivity contribution in [3.63, 3.8) is 0 Å². The molecule has 0 amide bonds. The molecule has 1 aliphatic rings. The lowest BCUT2D eigenvalue weighted by Gasteiger charge is -2.29. The van der Waals surface area contributed by atoms with Crippen LogP contribution in [0, 0.1) is 11.3 Å². The molecule has 0 unspecified atom stereocenters. The maximum absolute atomic E-state index is 13.1. The molecule has 0 aromatic heterocycles. The summed E-state index contributed by atoms with van der Waals surface area (Å²) in [4.78, 5) is 0.949. The number of alkyl halides is 2. The summed E-state index contributed by atoms with van der Waals surface area (Å²) in [7, 11) is 1.81. The van der Waals surface area contributed by atoms with Gasteiger partial charge in [-0.25, -0.2) is 8.78 Å². The lowest BCUT2D eigenvalue weighted by molar-refractivity contribution is -0.0360. The molecule has 1 aromatic rings. The molecule has 0 saturated heterocycles. The lowest BCUT2D eigenvalue weighted by atomic mass is 9.92. The van der Waals surface area contributed by atoms with E-state index < -0.39 is 5.92 Å². The fraction of sp³-hybridized carbons (Fsp3) is 0.500. The summed E-state index contributed by atoms with van der Waals surface area (Å²) in [6, 6.07) is 7.70. The van der Waals surface area contributed by atoms with E-state index >= 15 is 0 Å². The minimum Gasteiger partial charge on any atom is -0.381 e. The Morgan fingerprint density at radius 3 is 2.65 bits per heavy atom. The topological polar surface area (TPSA) is 47.8 Å². The van der Waals surface area contributed by atoms with Crippen molar-refractivity contribution in [2.45, 2.75) is 42.5 Å². The predicted octanol–water partition coefficient (Wildman–Crippen LogP) is 3.77. The van der Waals surface area contributed by atoms with Gasteiger partial charge in [0.15, 0.2) is 0 Å². The highest BCUT2D eigenvalue weighted by Gasteiger charge is 2.34. The molecule has 0 bridgehead atoms. The van der Waals surface area contributed by atoms with Crippen LogP contribution >= 0.6 is 11.9 Å². The van der Waals surface area contributed by atoms with Gasteiger partial charge in [-0.3, -0.25) is 4.72 Å². The third-order valence-corrected chi connectivity index (χ3v) is 4.10. The Labute approximate surface area is 121 Å². The second-order valence-electron chi connectivity index (χ2n) is 4.90. The van der Waals surface area contributed by atoms with E-state index in [-0.39, 0.29) is 18.9 Å². The third-order valence-electron chi connectivity index (χ3n) is 3.41. The Hall–Kier alpha value is -1.32. The SMILES string of the molecule is CNSc1ccc(NC2CCC(F)(F)CC2)c(C#N)c1. The fourth-order valence-corrected chi connectivity index (χ4v) is 2.88. The number of hydrogen-bond donors (Lipinski definition) is 2. The minimum absolute atomic E-state index is 0.0181. The van der Waals surface area contributed by atoms with Gasteiger partial charge >= 0.3 is 0 Å². The third kappa shape index (κ3) is 3.84. The number of anilines is 1. The Kier molecular flexibility index (Phi) is 4.84. The van der Waals surface area contributed by atoms with E-state index in [0.29, 0.717) is 18.4 Å². The first-order valence-corrected chi connectivity index (χ1v) is 7.38. The number of hydrogen-bond acceptors (Lipinski definition) is 4. The smallest absolute Gasteiger partial charge is 0.248 e. The van der Waals surface area contributed by atoms with Crippen molar-refractivity contribution in [3.8, 4) is 6.07 Å². The zero-order chi connectivity index (χ0) is 14.6. The minimum atomic E-state index is -2.52. The summed E-state index contributed by atoms with van der Waals surface area (Å²) in [5, 5.41) is 12.4. The number of rotatable bonds is 4. The second kappa shape index (κ2) is 6.42. The molecule has 1 saturated carbocycles. The van der Waals surface area contributed by atoms with Crippen molar-refractivity contribution in [1.82, 2.24) is 4.72 Å². The highest BCUT2D eigenvalue weighted by Crippen LogP contribution is 2.34. The van der Waals surface area contributed by atoms with E-state index in [0.717, 1.165) is 10.6 Å². The first-order valence-electron chi connectivity index (χ1n) is 6.56. The van der Waals surface area contributed by atoms with Crippen LogP contribution in [-0.2, 0) is 0 Å². The summed E-state index contributed by atoms with van der Waals surface area (Å²) in [6.45, 7) is 0. The number of nitrogens with zero attached hydrogens (tertiary/aromatic N) is 1. The second-order valence-corrected chi connectivity index (χ2v) is 5.98. The van der Waals surface area contributed by atoms with Crippen LogP contribution in [0.15, 0.2) is 23.1 Å². The highest BCUT2D eigenvalue weighted by molar-refractivity contribution is 7.97. The van der Waals surface area contributed by atoms with Crippen molar-refractivity contribution in [3.05, 3.63) is 23.8 Å². The number of nitriles is 1. The van der Waals surface area contributed by atoms with Gasteiger partial charge in [-0.05, 0) is 50.0 Å². The normalized spacial score (nSPS) is 18.5. The molecule has 1 fully saturated rings. The van der Waals surface area contributed by atoms with Crippen LogP contribution in [-0.4, -0.2) is 19.0 Å². The molecule has 20 heavy (non-hydrogen) atoms. The van der Waals surface area contributed by atoms with Crippen molar-refractivity contribution >= 4 is 17.6 Å². The maximum Gasteiger partial charge on any atom is 0.248 e. The van der Waals surface area contributed by atoms with Crippen LogP contribution in [0.25, 0.3) is 0 Å². The van der Waals surface area contributed by atoms with E-state index in [1.165, 1.54) is 11.9 Å². The van der Waals surface area contributed by atoms with Gasteiger partial charge in [0.1, 0.15) is 6.07 Å². The van der Waals surface area contributed by atoms with Crippen molar-refractivity contribution in [1.29, 1.82) is 5.26 Å². The molecule has 0 aliphatic heterocycles. The average molecular weight is 297 g/mol. The van der Waals surface area contributed by atoms with Gasteiger partial charge in [0.2, 0.25) is 5.92 Å². The van der Waals surface area contributed by atoms with Crippen LogP contribution < -0.4 is 10.0 Å². The van der Waals surface area contributed by atoms with Gasteiger partial charge in [-0.15, -0.1) is 0 Å². The molecule has 2 rings (SSSR count). The summed E-state index contributed by atoms with van der Waals surface area (Å²) in [5.74, 6) is -2.52.